The van der Waals surface area contributed by atoms with Gasteiger partial charge in [-0.2, -0.15) is 0 Å². The Morgan fingerprint density at radius 1 is 1.00 bits per heavy atom. The molecule has 3 atom stereocenters. The van der Waals surface area contributed by atoms with Gasteiger partial charge in [-0.25, -0.2) is 4.79 Å². The molecule has 5 heteroatoms. The van der Waals surface area contributed by atoms with Crippen molar-refractivity contribution < 1.29 is 24.1 Å². The summed E-state index contributed by atoms with van der Waals surface area (Å²) in [6.45, 7) is 1.69. The van der Waals surface area contributed by atoms with Gasteiger partial charge in [0.1, 0.15) is 0 Å². The third kappa shape index (κ3) is 8.13. The zero-order valence-corrected chi connectivity index (χ0v) is 14.2. The van der Waals surface area contributed by atoms with Gasteiger partial charge in [0.25, 0.3) is 0 Å². The summed E-state index contributed by atoms with van der Waals surface area (Å²) in [5, 5.41) is 8.72. The molecule has 2 aliphatic heterocycles. The van der Waals surface area contributed by atoms with E-state index in [9.17, 15) is 4.79 Å². The number of unbranched alkanes of at least 4 members (excludes halogenated alkanes) is 7. The van der Waals surface area contributed by atoms with Gasteiger partial charge in [0.15, 0.2) is 12.4 Å². The number of aliphatic carboxylic acids is 1. The van der Waals surface area contributed by atoms with Crippen molar-refractivity contribution in [3.63, 3.8) is 0 Å². The maximum absolute atomic E-state index is 10.6. The maximum atomic E-state index is 10.6. The van der Waals surface area contributed by atoms with E-state index >= 15 is 0 Å². The van der Waals surface area contributed by atoms with Gasteiger partial charge < -0.3 is 19.3 Å². The first-order valence-corrected chi connectivity index (χ1v) is 9.39. The lowest BCUT2D eigenvalue weighted by Gasteiger charge is -2.22. The predicted molar refractivity (Wildman–Crippen MR) is 87.4 cm³/mol. The van der Waals surface area contributed by atoms with Crippen molar-refractivity contribution in [2.24, 2.45) is 0 Å². The fourth-order valence-corrected chi connectivity index (χ4v) is 3.15. The second-order valence-corrected chi connectivity index (χ2v) is 6.72. The molecule has 2 saturated heterocycles. The predicted octanol–water partition coefficient (Wildman–Crippen LogP) is 3.89. The van der Waals surface area contributed by atoms with Gasteiger partial charge in [-0.05, 0) is 32.1 Å². The summed E-state index contributed by atoms with van der Waals surface area (Å²) in [5.41, 5.74) is 0. The quantitative estimate of drug-likeness (QED) is 0.410. The summed E-state index contributed by atoms with van der Waals surface area (Å²) in [5.74, 6) is -0.811. The molecule has 0 radical (unpaired) electrons. The summed E-state index contributed by atoms with van der Waals surface area (Å²) in [4.78, 5) is 10.6. The number of rotatable bonds is 13. The Morgan fingerprint density at radius 2 is 1.70 bits per heavy atom. The standard InChI is InChI=1S/C18H32O5/c19-18(20)17-15(23-17)11-7-5-3-1-2-4-6-9-13-21-16-12-8-10-14-22-16/h15-17H,1-14H2,(H,19,20)/t15-,16?,17+/m1/s1. The van der Waals surface area contributed by atoms with Gasteiger partial charge in [-0.1, -0.05) is 44.9 Å². The molecule has 0 bridgehead atoms. The lowest BCUT2D eigenvalue weighted by atomic mass is 10.1. The van der Waals surface area contributed by atoms with Crippen molar-refractivity contribution in [2.75, 3.05) is 13.2 Å². The van der Waals surface area contributed by atoms with Crippen LogP contribution in [0.3, 0.4) is 0 Å². The molecule has 0 aromatic rings. The molecular weight excluding hydrogens is 296 g/mol. The minimum absolute atomic E-state index is 0.0133. The first kappa shape index (κ1) is 18.7. The lowest BCUT2D eigenvalue weighted by molar-refractivity contribution is -0.162. The van der Waals surface area contributed by atoms with Crippen LogP contribution in [0.15, 0.2) is 0 Å². The first-order chi connectivity index (χ1) is 11.3. The smallest absolute Gasteiger partial charge is 0.335 e. The monoisotopic (exact) mass is 328 g/mol. The molecule has 0 saturated carbocycles. The molecule has 2 fully saturated rings. The summed E-state index contributed by atoms with van der Waals surface area (Å²) >= 11 is 0. The number of carbonyl (C=O) groups is 1. The SMILES string of the molecule is O=C(O)[C@H]1O[C@@H]1CCCCCCCCCCOC1CCCCO1. The van der Waals surface area contributed by atoms with Crippen molar-refractivity contribution in [3.05, 3.63) is 0 Å². The molecule has 1 N–H and O–H groups in total. The number of hydrogen-bond donors (Lipinski definition) is 1. The third-order valence-electron chi connectivity index (χ3n) is 4.65. The molecule has 134 valence electrons. The van der Waals surface area contributed by atoms with Crippen molar-refractivity contribution in [1.82, 2.24) is 0 Å². The summed E-state index contributed by atoms with van der Waals surface area (Å²) < 4.78 is 16.3. The topological polar surface area (TPSA) is 68.3 Å². The van der Waals surface area contributed by atoms with Gasteiger partial charge in [-0.3, -0.25) is 0 Å². The lowest BCUT2D eigenvalue weighted by Crippen LogP contribution is -2.22. The van der Waals surface area contributed by atoms with Crippen LogP contribution in [0.25, 0.3) is 0 Å². The minimum Gasteiger partial charge on any atom is -0.479 e. The summed E-state index contributed by atoms with van der Waals surface area (Å²) in [6, 6.07) is 0. The minimum atomic E-state index is -0.811. The largest absolute Gasteiger partial charge is 0.479 e. The zero-order chi connectivity index (χ0) is 16.3. The maximum Gasteiger partial charge on any atom is 0.335 e. The Morgan fingerprint density at radius 3 is 2.30 bits per heavy atom. The molecule has 5 nitrogen and oxygen atoms in total. The highest BCUT2D eigenvalue weighted by Gasteiger charge is 2.44. The number of carboxylic acids is 1. The van der Waals surface area contributed by atoms with E-state index in [0.717, 1.165) is 38.9 Å². The fraction of sp³-hybridized carbons (Fsp3) is 0.944. The average Bonchev–Trinajstić information content (AvgIpc) is 3.33. The van der Waals surface area contributed by atoms with Crippen LogP contribution in [0.4, 0.5) is 0 Å². The molecule has 2 aliphatic rings. The zero-order valence-electron chi connectivity index (χ0n) is 14.2. The Hall–Kier alpha value is -0.650. The number of hydrogen-bond acceptors (Lipinski definition) is 4. The Balaban J connectivity index is 1.26. The molecule has 23 heavy (non-hydrogen) atoms. The molecule has 0 aromatic carbocycles. The van der Waals surface area contributed by atoms with Crippen LogP contribution < -0.4 is 0 Å². The third-order valence-corrected chi connectivity index (χ3v) is 4.65. The van der Waals surface area contributed by atoms with E-state index in [-0.39, 0.29) is 12.4 Å². The van der Waals surface area contributed by atoms with Crippen LogP contribution in [0.2, 0.25) is 0 Å². The van der Waals surface area contributed by atoms with E-state index in [4.69, 9.17) is 19.3 Å². The molecule has 2 heterocycles. The number of epoxide rings is 1. The normalized spacial score (nSPS) is 27.0. The van der Waals surface area contributed by atoms with Crippen molar-refractivity contribution in [1.29, 1.82) is 0 Å². The van der Waals surface area contributed by atoms with Crippen LogP contribution in [-0.4, -0.2) is 42.8 Å². The highest BCUT2D eigenvalue weighted by Crippen LogP contribution is 2.27. The highest BCUT2D eigenvalue weighted by molar-refractivity contribution is 5.75. The Labute approximate surface area is 139 Å². The summed E-state index contributed by atoms with van der Waals surface area (Å²) in [7, 11) is 0. The molecule has 0 amide bonds. The number of carboxylic acid groups (broad SMARTS) is 1. The molecule has 0 aromatic heterocycles. The second kappa shape index (κ2) is 11.0. The van der Waals surface area contributed by atoms with Crippen LogP contribution >= 0.6 is 0 Å². The Kier molecular flexibility index (Phi) is 8.94. The van der Waals surface area contributed by atoms with E-state index in [1.807, 2.05) is 0 Å². The van der Waals surface area contributed by atoms with Gasteiger partial charge in [0.05, 0.1) is 6.10 Å². The molecular formula is C18H32O5. The van der Waals surface area contributed by atoms with Gasteiger partial charge in [-0.15, -0.1) is 0 Å². The van der Waals surface area contributed by atoms with E-state index in [2.05, 4.69) is 0 Å². The van der Waals surface area contributed by atoms with Gasteiger partial charge >= 0.3 is 5.97 Å². The van der Waals surface area contributed by atoms with Crippen molar-refractivity contribution >= 4 is 5.97 Å². The molecule has 1 unspecified atom stereocenters. The van der Waals surface area contributed by atoms with Crippen LogP contribution in [0.1, 0.15) is 77.0 Å². The number of ether oxygens (including phenoxy) is 3. The van der Waals surface area contributed by atoms with Crippen molar-refractivity contribution in [3.8, 4) is 0 Å². The average molecular weight is 328 g/mol. The van der Waals surface area contributed by atoms with Crippen LogP contribution in [0.5, 0.6) is 0 Å². The molecule has 2 rings (SSSR count). The Bertz CT molecular complexity index is 327. The van der Waals surface area contributed by atoms with Crippen molar-refractivity contribution in [2.45, 2.75) is 95.5 Å². The van der Waals surface area contributed by atoms with E-state index in [0.29, 0.717) is 0 Å². The van der Waals surface area contributed by atoms with E-state index in [1.165, 1.54) is 51.4 Å². The second-order valence-electron chi connectivity index (χ2n) is 6.72. The fourth-order valence-electron chi connectivity index (χ4n) is 3.15. The van der Waals surface area contributed by atoms with E-state index < -0.39 is 12.1 Å². The highest BCUT2D eigenvalue weighted by atomic mass is 16.7. The molecule has 0 spiro atoms. The summed E-state index contributed by atoms with van der Waals surface area (Å²) in [6.07, 6.45) is 13.6. The van der Waals surface area contributed by atoms with Gasteiger partial charge in [0.2, 0.25) is 0 Å². The van der Waals surface area contributed by atoms with Gasteiger partial charge in [0, 0.05) is 13.2 Å². The van der Waals surface area contributed by atoms with Crippen LogP contribution in [-0.2, 0) is 19.0 Å². The van der Waals surface area contributed by atoms with E-state index in [1.54, 1.807) is 0 Å². The first-order valence-electron chi connectivity index (χ1n) is 9.39. The van der Waals surface area contributed by atoms with Crippen LogP contribution in [0, 0.1) is 0 Å². The molecule has 0 aliphatic carbocycles.